The number of aromatic nitrogens is 4. The first-order chi connectivity index (χ1) is 17.3. The SMILES string of the molecule is CC(C)(C)CN1CCC2(CC1)CN(Cc1ccc(C(=O)N(Cc3ncc[nH]3)Cc3ncc[nH]3)cc1)C2. The van der Waals surface area contributed by atoms with E-state index in [1.807, 2.05) is 12.1 Å². The minimum atomic E-state index is -0.0285. The number of likely N-dealkylation sites (tertiary alicyclic amines) is 2. The van der Waals surface area contributed by atoms with Gasteiger partial charge in [-0.3, -0.25) is 9.69 Å². The number of carbonyl (C=O) groups excluding carboxylic acids is 1. The topological polar surface area (TPSA) is 84.2 Å². The molecule has 2 aromatic heterocycles. The maximum absolute atomic E-state index is 13.3. The third-order valence-corrected chi connectivity index (χ3v) is 7.42. The van der Waals surface area contributed by atoms with Crippen molar-refractivity contribution in [3.63, 3.8) is 0 Å². The van der Waals surface area contributed by atoms with Gasteiger partial charge in [0.05, 0.1) is 13.1 Å². The fraction of sp³-hybridized carbons (Fsp3) is 0.536. The number of hydrogen-bond donors (Lipinski definition) is 2. The average molecular weight is 490 g/mol. The third-order valence-electron chi connectivity index (χ3n) is 7.42. The molecule has 0 aliphatic carbocycles. The number of benzene rings is 1. The van der Waals surface area contributed by atoms with E-state index in [2.05, 4.69) is 62.6 Å². The van der Waals surface area contributed by atoms with Gasteiger partial charge in [-0.25, -0.2) is 9.97 Å². The second-order valence-electron chi connectivity index (χ2n) is 11.9. The second-order valence-corrected chi connectivity index (χ2v) is 11.9. The molecular weight excluding hydrogens is 450 g/mol. The molecule has 2 fully saturated rings. The molecule has 1 aromatic carbocycles. The van der Waals surface area contributed by atoms with Crippen LogP contribution in [0.4, 0.5) is 0 Å². The molecule has 1 amide bonds. The van der Waals surface area contributed by atoms with Crippen LogP contribution in [0, 0.1) is 10.8 Å². The molecule has 36 heavy (non-hydrogen) atoms. The zero-order valence-electron chi connectivity index (χ0n) is 21.8. The molecule has 192 valence electrons. The molecule has 8 nitrogen and oxygen atoms in total. The first kappa shape index (κ1) is 24.7. The van der Waals surface area contributed by atoms with E-state index >= 15 is 0 Å². The molecule has 1 spiro atoms. The van der Waals surface area contributed by atoms with E-state index in [9.17, 15) is 4.79 Å². The molecule has 0 radical (unpaired) electrons. The summed E-state index contributed by atoms with van der Waals surface area (Å²) in [7, 11) is 0. The van der Waals surface area contributed by atoms with Crippen LogP contribution in [0.15, 0.2) is 49.1 Å². The standard InChI is InChI=1S/C28H39N7O/c1-27(2,3)19-33-14-8-28(9-15-33)20-34(21-28)16-22-4-6-23(7-5-22)26(36)35(17-24-29-10-11-30-24)18-25-31-12-13-32-25/h4-7,10-13H,8-9,14-21H2,1-3H3,(H,29,30)(H,31,32). The maximum Gasteiger partial charge on any atom is 0.254 e. The van der Waals surface area contributed by atoms with Crippen LogP contribution in [0.25, 0.3) is 0 Å². The van der Waals surface area contributed by atoms with Gasteiger partial charge in [-0.1, -0.05) is 32.9 Å². The van der Waals surface area contributed by atoms with Gasteiger partial charge in [-0.05, 0) is 54.5 Å². The molecule has 0 saturated carbocycles. The molecule has 8 heteroatoms. The lowest BCUT2D eigenvalue weighted by atomic mass is 9.71. The summed E-state index contributed by atoms with van der Waals surface area (Å²) < 4.78 is 0. The number of aromatic amines is 2. The molecular formula is C28H39N7O. The van der Waals surface area contributed by atoms with Crippen molar-refractivity contribution in [2.45, 2.75) is 53.2 Å². The van der Waals surface area contributed by atoms with E-state index in [4.69, 9.17) is 0 Å². The first-order valence-corrected chi connectivity index (χ1v) is 13.1. The fourth-order valence-electron chi connectivity index (χ4n) is 5.71. The number of carbonyl (C=O) groups is 1. The van der Waals surface area contributed by atoms with Crippen LogP contribution < -0.4 is 0 Å². The lowest BCUT2D eigenvalue weighted by Crippen LogP contribution is -2.60. The predicted molar refractivity (Wildman–Crippen MR) is 140 cm³/mol. The van der Waals surface area contributed by atoms with Gasteiger partial charge in [0.25, 0.3) is 5.91 Å². The van der Waals surface area contributed by atoms with Crippen molar-refractivity contribution in [3.8, 4) is 0 Å². The minimum absolute atomic E-state index is 0.0285. The minimum Gasteiger partial charge on any atom is -0.347 e. The number of piperidine rings is 1. The average Bonchev–Trinajstić information content (AvgIpc) is 3.53. The monoisotopic (exact) mass is 489 g/mol. The highest BCUT2D eigenvalue weighted by Gasteiger charge is 2.44. The number of nitrogens with one attached hydrogen (secondary N) is 2. The number of amides is 1. The van der Waals surface area contributed by atoms with Crippen molar-refractivity contribution in [2.75, 3.05) is 32.7 Å². The van der Waals surface area contributed by atoms with Crippen LogP contribution >= 0.6 is 0 Å². The van der Waals surface area contributed by atoms with Gasteiger partial charge in [0.15, 0.2) is 0 Å². The van der Waals surface area contributed by atoms with Crippen LogP contribution in [0.1, 0.15) is 61.2 Å². The maximum atomic E-state index is 13.3. The molecule has 2 N–H and O–H groups in total. The van der Waals surface area contributed by atoms with Crippen molar-refractivity contribution in [1.82, 2.24) is 34.6 Å². The first-order valence-electron chi connectivity index (χ1n) is 13.1. The summed E-state index contributed by atoms with van der Waals surface area (Å²) in [5, 5.41) is 0. The Labute approximate surface area is 214 Å². The number of rotatable bonds is 8. The lowest BCUT2D eigenvalue weighted by molar-refractivity contribution is -0.0549. The van der Waals surface area contributed by atoms with E-state index in [1.165, 1.54) is 51.1 Å². The molecule has 3 aromatic rings. The van der Waals surface area contributed by atoms with E-state index in [0.29, 0.717) is 29.5 Å². The quantitative estimate of drug-likeness (QED) is 0.501. The van der Waals surface area contributed by atoms with Crippen molar-refractivity contribution >= 4 is 5.91 Å². The Kier molecular flexibility index (Phi) is 6.99. The van der Waals surface area contributed by atoms with E-state index < -0.39 is 0 Å². The highest BCUT2D eigenvalue weighted by atomic mass is 16.2. The lowest BCUT2D eigenvalue weighted by Gasteiger charge is -2.54. The zero-order valence-corrected chi connectivity index (χ0v) is 21.8. The summed E-state index contributed by atoms with van der Waals surface area (Å²) in [6.45, 7) is 14.8. The molecule has 2 saturated heterocycles. The number of imidazole rings is 2. The molecule has 2 aliphatic rings. The van der Waals surface area contributed by atoms with Crippen LogP contribution in [-0.2, 0) is 19.6 Å². The van der Waals surface area contributed by atoms with E-state index in [1.54, 1.807) is 29.7 Å². The molecule has 4 heterocycles. The number of H-pyrrole nitrogens is 2. The van der Waals surface area contributed by atoms with Gasteiger partial charge in [-0.15, -0.1) is 0 Å². The number of nitrogens with zero attached hydrogens (tertiary/aromatic N) is 5. The molecule has 0 unspecified atom stereocenters. The second kappa shape index (κ2) is 10.2. The Hall–Kier alpha value is -2.97. The van der Waals surface area contributed by atoms with Crippen molar-refractivity contribution in [3.05, 3.63) is 71.8 Å². The Morgan fingerprint density at radius 2 is 1.53 bits per heavy atom. The normalized spacial score (nSPS) is 18.3. The smallest absolute Gasteiger partial charge is 0.254 e. The van der Waals surface area contributed by atoms with Crippen LogP contribution in [-0.4, -0.2) is 73.3 Å². The largest absolute Gasteiger partial charge is 0.347 e. The van der Waals surface area contributed by atoms with Gasteiger partial charge in [0.2, 0.25) is 0 Å². The van der Waals surface area contributed by atoms with Crippen LogP contribution in [0.2, 0.25) is 0 Å². The summed E-state index contributed by atoms with van der Waals surface area (Å²) in [4.78, 5) is 35.1. The molecule has 0 atom stereocenters. The van der Waals surface area contributed by atoms with Gasteiger partial charge in [0, 0.05) is 56.5 Å². The van der Waals surface area contributed by atoms with E-state index in [0.717, 1.165) is 18.2 Å². The Balaban J connectivity index is 1.14. The summed E-state index contributed by atoms with van der Waals surface area (Å²) in [6, 6.07) is 8.11. The van der Waals surface area contributed by atoms with Crippen molar-refractivity contribution in [2.24, 2.45) is 10.8 Å². The van der Waals surface area contributed by atoms with Crippen LogP contribution in [0.5, 0.6) is 0 Å². The van der Waals surface area contributed by atoms with Crippen LogP contribution in [0.3, 0.4) is 0 Å². The zero-order chi connectivity index (χ0) is 25.2. The highest BCUT2D eigenvalue weighted by molar-refractivity contribution is 5.94. The van der Waals surface area contributed by atoms with Crippen molar-refractivity contribution < 1.29 is 4.79 Å². The number of hydrogen-bond acceptors (Lipinski definition) is 5. The third kappa shape index (κ3) is 6.05. The summed E-state index contributed by atoms with van der Waals surface area (Å²) in [5.41, 5.74) is 2.83. The van der Waals surface area contributed by atoms with Gasteiger partial charge >= 0.3 is 0 Å². The van der Waals surface area contributed by atoms with E-state index in [-0.39, 0.29) is 5.91 Å². The Morgan fingerprint density at radius 3 is 2.03 bits per heavy atom. The van der Waals surface area contributed by atoms with Gasteiger partial charge in [-0.2, -0.15) is 0 Å². The fourth-order valence-corrected chi connectivity index (χ4v) is 5.71. The summed E-state index contributed by atoms with van der Waals surface area (Å²) >= 11 is 0. The van der Waals surface area contributed by atoms with Crippen molar-refractivity contribution in [1.29, 1.82) is 0 Å². The molecule has 5 rings (SSSR count). The predicted octanol–water partition coefficient (Wildman–Crippen LogP) is 3.92. The van der Waals surface area contributed by atoms with Gasteiger partial charge < -0.3 is 19.8 Å². The summed E-state index contributed by atoms with van der Waals surface area (Å²) in [5.74, 6) is 1.48. The highest BCUT2D eigenvalue weighted by Crippen LogP contribution is 2.41. The van der Waals surface area contributed by atoms with Gasteiger partial charge in [0.1, 0.15) is 11.6 Å². The Morgan fingerprint density at radius 1 is 0.944 bits per heavy atom. The Bertz CT molecular complexity index is 1060. The molecule has 0 bridgehead atoms. The summed E-state index contributed by atoms with van der Waals surface area (Å²) in [6.07, 6.45) is 9.58. The molecule has 2 aliphatic heterocycles.